The lowest BCUT2D eigenvalue weighted by atomic mass is 9.70. The van der Waals surface area contributed by atoms with Crippen molar-refractivity contribution in [1.82, 2.24) is 5.32 Å². The molecule has 18 heavy (non-hydrogen) atoms. The molecule has 5 unspecified atom stereocenters. The summed E-state index contributed by atoms with van der Waals surface area (Å²) < 4.78 is 6.54. The fraction of sp³-hybridized carbons (Fsp3) is 1.00. The first-order chi connectivity index (χ1) is 8.47. The Morgan fingerprint density at radius 2 is 1.83 bits per heavy atom. The average molecular weight is 251 g/mol. The second kappa shape index (κ2) is 4.21. The zero-order valence-electron chi connectivity index (χ0n) is 12.5. The second-order valence-electron chi connectivity index (χ2n) is 7.66. The van der Waals surface area contributed by atoms with Gasteiger partial charge in [-0.05, 0) is 62.3 Å². The van der Waals surface area contributed by atoms with Crippen LogP contribution in [-0.4, -0.2) is 25.3 Å². The smallest absolute Gasteiger partial charge is 0.0640 e. The highest BCUT2D eigenvalue weighted by Gasteiger charge is 2.62. The Balaban J connectivity index is 1.66. The normalized spacial score (nSPS) is 50.0. The third kappa shape index (κ3) is 1.68. The molecule has 0 aromatic heterocycles. The maximum Gasteiger partial charge on any atom is 0.0640 e. The van der Waals surface area contributed by atoms with Crippen molar-refractivity contribution in [3.8, 4) is 0 Å². The van der Waals surface area contributed by atoms with Gasteiger partial charge in [-0.1, -0.05) is 20.8 Å². The molecule has 0 aromatic carbocycles. The summed E-state index contributed by atoms with van der Waals surface area (Å²) >= 11 is 0. The van der Waals surface area contributed by atoms with Crippen molar-refractivity contribution in [2.45, 2.75) is 77.5 Å². The van der Waals surface area contributed by atoms with Crippen molar-refractivity contribution >= 4 is 0 Å². The molecule has 5 atom stereocenters. The van der Waals surface area contributed by atoms with Crippen LogP contribution in [0.3, 0.4) is 0 Å². The topological polar surface area (TPSA) is 21.3 Å². The molecule has 1 N–H and O–H groups in total. The Labute approximate surface area is 112 Å². The highest BCUT2D eigenvalue weighted by Crippen LogP contribution is 2.66. The first-order valence-electron chi connectivity index (χ1n) is 7.80. The van der Waals surface area contributed by atoms with Gasteiger partial charge >= 0.3 is 0 Å². The van der Waals surface area contributed by atoms with Gasteiger partial charge in [-0.25, -0.2) is 0 Å². The number of hydrogen-bond donors (Lipinski definition) is 1. The predicted octanol–water partition coefficient (Wildman–Crippen LogP) is 3.36. The van der Waals surface area contributed by atoms with Crippen LogP contribution in [0.1, 0.15) is 59.3 Å². The zero-order chi connectivity index (χ0) is 13.0. The fourth-order valence-corrected chi connectivity index (χ4v) is 4.89. The number of hydrogen-bond acceptors (Lipinski definition) is 2. The molecule has 3 rings (SSSR count). The Kier molecular flexibility index (Phi) is 3.02. The fourth-order valence-electron chi connectivity index (χ4n) is 4.89. The van der Waals surface area contributed by atoms with Crippen LogP contribution in [0.4, 0.5) is 0 Å². The lowest BCUT2D eigenvalue weighted by Crippen LogP contribution is -2.39. The van der Waals surface area contributed by atoms with Crippen LogP contribution >= 0.6 is 0 Å². The maximum absolute atomic E-state index is 6.54. The van der Waals surface area contributed by atoms with Gasteiger partial charge in [0.15, 0.2) is 0 Å². The monoisotopic (exact) mass is 251 g/mol. The van der Waals surface area contributed by atoms with E-state index in [9.17, 15) is 0 Å². The van der Waals surface area contributed by atoms with Crippen LogP contribution in [0.25, 0.3) is 0 Å². The van der Waals surface area contributed by atoms with E-state index in [2.05, 4.69) is 33.1 Å². The SMILES string of the molecule is CNC1CCC(OC2CC3CCC2(C)C3(C)C)C1. The second-order valence-corrected chi connectivity index (χ2v) is 7.66. The van der Waals surface area contributed by atoms with Gasteiger partial charge in [0.25, 0.3) is 0 Å². The summed E-state index contributed by atoms with van der Waals surface area (Å²) in [4.78, 5) is 0. The van der Waals surface area contributed by atoms with Crippen LogP contribution in [0.5, 0.6) is 0 Å². The molecule has 0 saturated heterocycles. The van der Waals surface area contributed by atoms with E-state index >= 15 is 0 Å². The van der Waals surface area contributed by atoms with E-state index in [1.54, 1.807) is 0 Å². The van der Waals surface area contributed by atoms with Gasteiger partial charge in [-0.2, -0.15) is 0 Å². The van der Waals surface area contributed by atoms with Gasteiger partial charge in [0.2, 0.25) is 0 Å². The molecule has 2 heteroatoms. The first-order valence-corrected chi connectivity index (χ1v) is 7.80. The van der Waals surface area contributed by atoms with Gasteiger partial charge in [-0.3, -0.25) is 0 Å². The summed E-state index contributed by atoms with van der Waals surface area (Å²) in [6.07, 6.45) is 8.90. The Bertz CT molecular complexity index is 327. The molecule has 0 radical (unpaired) electrons. The minimum absolute atomic E-state index is 0.426. The molecule has 2 nitrogen and oxygen atoms in total. The molecule has 0 amide bonds. The predicted molar refractivity (Wildman–Crippen MR) is 74.6 cm³/mol. The van der Waals surface area contributed by atoms with Crippen LogP contribution in [0, 0.1) is 16.7 Å². The summed E-state index contributed by atoms with van der Waals surface area (Å²) in [7, 11) is 2.08. The molecule has 3 saturated carbocycles. The molecule has 0 heterocycles. The van der Waals surface area contributed by atoms with Gasteiger partial charge in [0.1, 0.15) is 0 Å². The highest BCUT2D eigenvalue weighted by molar-refractivity contribution is 5.11. The molecule has 0 aromatic rings. The molecule has 3 fully saturated rings. The molecule has 0 spiro atoms. The molecule has 3 aliphatic rings. The third-order valence-electron chi connectivity index (χ3n) is 6.86. The zero-order valence-corrected chi connectivity index (χ0v) is 12.5. The van der Waals surface area contributed by atoms with Gasteiger partial charge < -0.3 is 10.1 Å². The van der Waals surface area contributed by atoms with Crippen LogP contribution in [0.2, 0.25) is 0 Å². The minimum Gasteiger partial charge on any atom is -0.374 e. The van der Waals surface area contributed by atoms with Gasteiger partial charge in [0, 0.05) is 6.04 Å². The summed E-state index contributed by atoms with van der Waals surface area (Å²) in [5.41, 5.74) is 0.911. The third-order valence-corrected chi connectivity index (χ3v) is 6.86. The van der Waals surface area contributed by atoms with Crippen LogP contribution in [0.15, 0.2) is 0 Å². The first kappa shape index (κ1) is 12.9. The van der Waals surface area contributed by atoms with Crippen molar-refractivity contribution in [3.63, 3.8) is 0 Å². The summed E-state index contributed by atoms with van der Waals surface area (Å²) in [5.74, 6) is 0.897. The summed E-state index contributed by atoms with van der Waals surface area (Å²) in [5, 5.41) is 3.40. The molecule has 2 bridgehead atoms. The maximum atomic E-state index is 6.54. The van der Waals surface area contributed by atoms with E-state index in [0.29, 0.717) is 29.1 Å². The molecular weight excluding hydrogens is 222 g/mol. The van der Waals surface area contributed by atoms with E-state index < -0.39 is 0 Å². The molecular formula is C16H29NO. The Morgan fingerprint density at radius 1 is 1.06 bits per heavy atom. The van der Waals surface area contributed by atoms with Gasteiger partial charge in [0.05, 0.1) is 12.2 Å². The van der Waals surface area contributed by atoms with E-state index in [0.717, 1.165) is 5.92 Å². The Morgan fingerprint density at radius 3 is 2.33 bits per heavy atom. The lowest BCUT2D eigenvalue weighted by molar-refractivity contribution is -0.0841. The van der Waals surface area contributed by atoms with E-state index in [1.807, 2.05) is 0 Å². The van der Waals surface area contributed by atoms with E-state index in [4.69, 9.17) is 4.74 Å². The van der Waals surface area contributed by atoms with Crippen molar-refractivity contribution in [2.24, 2.45) is 16.7 Å². The van der Waals surface area contributed by atoms with Crippen molar-refractivity contribution in [2.75, 3.05) is 7.05 Å². The highest BCUT2D eigenvalue weighted by atomic mass is 16.5. The largest absolute Gasteiger partial charge is 0.374 e. The number of fused-ring (bicyclic) bond motifs is 2. The number of rotatable bonds is 3. The Hall–Kier alpha value is -0.0800. The number of ether oxygens (including phenoxy) is 1. The number of nitrogens with one attached hydrogen (secondary N) is 1. The van der Waals surface area contributed by atoms with E-state index in [-0.39, 0.29) is 0 Å². The van der Waals surface area contributed by atoms with Crippen LogP contribution < -0.4 is 5.32 Å². The summed E-state index contributed by atoms with van der Waals surface area (Å²) in [6.45, 7) is 7.42. The van der Waals surface area contributed by atoms with Crippen LogP contribution in [-0.2, 0) is 4.74 Å². The quantitative estimate of drug-likeness (QED) is 0.830. The lowest BCUT2D eigenvalue weighted by Gasteiger charge is -2.40. The van der Waals surface area contributed by atoms with E-state index in [1.165, 1.54) is 38.5 Å². The minimum atomic E-state index is 0.426. The van der Waals surface area contributed by atoms with Crippen molar-refractivity contribution in [1.29, 1.82) is 0 Å². The average Bonchev–Trinajstić information content (AvgIpc) is 2.92. The molecule has 0 aliphatic heterocycles. The summed E-state index contributed by atoms with van der Waals surface area (Å²) in [6, 6.07) is 0.689. The van der Waals surface area contributed by atoms with Crippen molar-refractivity contribution < 1.29 is 4.74 Å². The van der Waals surface area contributed by atoms with Crippen molar-refractivity contribution in [3.05, 3.63) is 0 Å². The van der Waals surface area contributed by atoms with Gasteiger partial charge in [-0.15, -0.1) is 0 Å². The molecule has 104 valence electrons. The standard InChI is InChI=1S/C16H29NO/c1-15(2)11-7-8-16(15,3)14(9-11)18-13-6-5-12(10-13)17-4/h11-14,17H,5-10H2,1-4H3. The molecule has 3 aliphatic carbocycles.